The third kappa shape index (κ3) is 10.6. The monoisotopic (exact) mass is 564 g/mol. The van der Waals surface area contributed by atoms with Gasteiger partial charge in [-0.1, -0.05) is 0 Å². The standard InChI is InChI=1S/C18H25O2.3C4H9.Sn/c1-4-6-7-8-9-17-14-15(3)10-11-16(17)12-13-18(19)20-5-2;3*1-3-4-2;/h11-14H,4-9H2,1-3H3;3*1,3-4H2,2H3;/b13-12-;;;;. The van der Waals surface area contributed by atoms with Crippen molar-refractivity contribution in [2.75, 3.05) is 6.61 Å². The molecule has 0 atom stereocenters. The Morgan fingerprint density at radius 1 is 0.818 bits per heavy atom. The van der Waals surface area contributed by atoms with Crippen LogP contribution in [0, 0.1) is 6.92 Å². The fourth-order valence-corrected chi connectivity index (χ4v) is 22.3. The molecule has 1 rings (SSSR count). The van der Waals surface area contributed by atoms with Crippen LogP contribution < -0.4 is 3.58 Å². The van der Waals surface area contributed by atoms with E-state index in [0.717, 1.165) is 6.42 Å². The van der Waals surface area contributed by atoms with Gasteiger partial charge in [-0.05, 0) is 0 Å². The molecule has 0 heterocycles. The molecule has 33 heavy (non-hydrogen) atoms. The normalized spacial score (nSPS) is 11.9. The Hall–Kier alpha value is -0.771. The van der Waals surface area contributed by atoms with Crippen molar-refractivity contribution in [1.82, 2.24) is 0 Å². The maximum atomic E-state index is 12.1. The summed E-state index contributed by atoms with van der Waals surface area (Å²) < 4.78 is 11.3. The summed E-state index contributed by atoms with van der Waals surface area (Å²) in [6.45, 7) is 14.0. The van der Waals surface area contributed by atoms with Crippen molar-refractivity contribution in [3.05, 3.63) is 34.9 Å². The van der Waals surface area contributed by atoms with E-state index in [1.807, 2.05) is 13.0 Å². The molecule has 188 valence electrons. The van der Waals surface area contributed by atoms with Gasteiger partial charge in [0.25, 0.3) is 0 Å². The topological polar surface area (TPSA) is 26.3 Å². The zero-order chi connectivity index (χ0) is 24.5. The fourth-order valence-electron chi connectivity index (χ4n) is 5.14. The molecule has 0 amide bonds. The molecule has 0 unspecified atom stereocenters. The van der Waals surface area contributed by atoms with Crippen LogP contribution in [-0.4, -0.2) is 31.0 Å². The number of unbranched alkanes of at least 4 members (excludes halogenated alkanes) is 6. The molecule has 0 saturated carbocycles. The second-order valence-electron chi connectivity index (χ2n) is 9.85. The van der Waals surface area contributed by atoms with Crippen molar-refractivity contribution in [3.63, 3.8) is 0 Å². The van der Waals surface area contributed by atoms with Gasteiger partial charge in [-0.15, -0.1) is 0 Å². The number of carbonyl (C=O) groups is 1. The summed E-state index contributed by atoms with van der Waals surface area (Å²) in [7, 11) is 0. The minimum atomic E-state index is -2.55. The van der Waals surface area contributed by atoms with E-state index in [1.165, 1.54) is 94.2 Å². The predicted molar refractivity (Wildman–Crippen MR) is 149 cm³/mol. The van der Waals surface area contributed by atoms with Gasteiger partial charge in [0.15, 0.2) is 0 Å². The molecular weight excluding hydrogens is 511 g/mol. The average molecular weight is 563 g/mol. The van der Waals surface area contributed by atoms with Crippen LogP contribution in [0.3, 0.4) is 0 Å². The number of hydrogen-bond donors (Lipinski definition) is 0. The Balaban J connectivity index is 3.48. The molecule has 1 aromatic carbocycles. The first-order valence-corrected chi connectivity index (χ1v) is 21.4. The van der Waals surface area contributed by atoms with Crippen molar-refractivity contribution in [1.29, 1.82) is 0 Å². The molecule has 0 aliphatic heterocycles. The van der Waals surface area contributed by atoms with E-state index in [0.29, 0.717) is 6.61 Å². The van der Waals surface area contributed by atoms with Crippen LogP contribution in [0.4, 0.5) is 0 Å². The van der Waals surface area contributed by atoms with E-state index in [1.54, 1.807) is 9.66 Å². The second kappa shape index (κ2) is 17.6. The van der Waals surface area contributed by atoms with Crippen LogP contribution in [0.1, 0.15) is 116 Å². The molecule has 1 aromatic rings. The second-order valence-corrected chi connectivity index (χ2v) is 23.0. The van der Waals surface area contributed by atoms with Crippen molar-refractivity contribution in [2.24, 2.45) is 0 Å². The molecule has 0 aromatic heterocycles. The number of hydrogen-bond acceptors (Lipinski definition) is 2. The van der Waals surface area contributed by atoms with Crippen molar-refractivity contribution >= 4 is 34.0 Å². The summed E-state index contributed by atoms with van der Waals surface area (Å²) in [6.07, 6.45) is 17.9. The van der Waals surface area contributed by atoms with Crippen LogP contribution in [0.15, 0.2) is 18.2 Å². The quantitative estimate of drug-likeness (QED) is 0.0773. The maximum absolute atomic E-state index is 12.1. The molecule has 0 N–H and O–H groups in total. The molecule has 0 saturated heterocycles. The summed E-state index contributed by atoms with van der Waals surface area (Å²) in [5.74, 6) is -0.228. The number of benzene rings is 1. The Kier molecular flexibility index (Phi) is 16.2. The zero-order valence-corrected chi connectivity index (χ0v) is 25.6. The SMILES string of the molecule is CCCCCCc1cc(C)[c]([Sn]([CH2]CCC)([CH2]CCC)[CH2]CCC)cc1/C=C\C(=O)OCC. The van der Waals surface area contributed by atoms with Gasteiger partial charge in [0.05, 0.1) is 0 Å². The number of esters is 1. The Labute approximate surface area is 209 Å². The predicted octanol–water partition coefficient (Wildman–Crippen LogP) is 8.75. The molecule has 2 nitrogen and oxygen atoms in total. The first kappa shape index (κ1) is 30.3. The van der Waals surface area contributed by atoms with Gasteiger partial charge in [-0.2, -0.15) is 0 Å². The number of rotatable bonds is 18. The molecular formula is C30H52O2Sn. The zero-order valence-electron chi connectivity index (χ0n) is 22.7. The van der Waals surface area contributed by atoms with Gasteiger partial charge in [0, 0.05) is 0 Å². The third-order valence-electron chi connectivity index (χ3n) is 7.07. The number of carbonyl (C=O) groups excluding carboxylic acids is 1. The first-order valence-electron chi connectivity index (χ1n) is 14.0. The van der Waals surface area contributed by atoms with E-state index in [9.17, 15) is 4.79 Å². The van der Waals surface area contributed by atoms with E-state index in [4.69, 9.17) is 4.74 Å². The van der Waals surface area contributed by atoms with Crippen molar-refractivity contribution in [2.45, 2.75) is 125 Å². The van der Waals surface area contributed by atoms with Gasteiger partial charge in [0.1, 0.15) is 0 Å². The summed E-state index contributed by atoms with van der Waals surface area (Å²) in [5.41, 5.74) is 4.22. The van der Waals surface area contributed by atoms with E-state index < -0.39 is 18.4 Å². The fraction of sp³-hybridized carbons (Fsp3) is 0.700. The summed E-state index contributed by atoms with van der Waals surface area (Å²) in [4.78, 5) is 12.1. The molecule has 0 aliphatic carbocycles. The van der Waals surface area contributed by atoms with Gasteiger partial charge < -0.3 is 0 Å². The Morgan fingerprint density at radius 2 is 1.39 bits per heavy atom. The molecule has 3 heteroatoms. The van der Waals surface area contributed by atoms with Gasteiger partial charge in [0.2, 0.25) is 0 Å². The van der Waals surface area contributed by atoms with Gasteiger partial charge in [-0.25, -0.2) is 0 Å². The van der Waals surface area contributed by atoms with Gasteiger partial charge >= 0.3 is 211 Å². The number of aryl methyl sites for hydroxylation is 2. The van der Waals surface area contributed by atoms with Gasteiger partial charge in [-0.3, -0.25) is 0 Å². The van der Waals surface area contributed by atoms with E-state index in [2.05, 4.69) is 46.8 Å². The molecule has 0 fully saturated rings. The molecule has 0 bridgehead atoms. The van der Waals surface area contributed by atoms with Crippen LogP contribution in [-0.2, 0) is 16.0 Å². The van der Waals surface area contributed by atoms with E-state index >= 15 is 0 Å². The Morgan fingerprint density at radius 3 is 1.91 bits per heavy atom. The first-order chi connectivity index (χ1) is 16.0. The van der Waals surface area contributed by atoms with Crippen molar-refractivity contribution < 1.29 is 9.53 Å². The minimum absolute atomic E-state index is 0.228. The van der Waals surface area contributed by atoms with E-state index in [-0.39, 0.29) is 5.97 Å². The summed E-state index contributed by atoms with van der Waals surface area (Å²) in [5, 5.41) is 0. The average Bonchev–Trinajstić information content (AvgIpc) is 2.81. The van der Waals surface area contributed by atoms with Crippen LogP contribution >= 0.6 is 0 Å². The molecule has 0 aliphatic rings. The summed E-state index contributed by atoms with van der Waals surface area (Å²) in [6, 6.07) is 5.03. The third-order valence-corrected chi connectivity index (χ3v) is 23.1. The molecule has 0 spiro atoms. The molecule has 0 radical (unpaired) electrons. The van der Waals surface area contributed by atoms with Crippen LogP contribution in [0.25, 0.3) is 6.08 Å². The van der Waals surface area contributed by atoms with Crippen LogP contribution in [0.5, 0.6) is 0 Å². The van der Waals surface area contributed by atoms with Crippen LogP contribution in [0.2, 0.25) is 13.3 Å². The van der Waals surface area contributed by atoms with Crippen molar-refractivity contribution in [3.8, 4) is 0 Å². The summed E-state index contributed by atoms with van der Waals surface area (Å²) >= 11 is -2.55. The Bertz CT molecular complexity index is 686. The number of ether oxygens (including phenoxy) is 1.